The van der Waals surface area contributed by atoms with E-state index in [0.29, 0.717) is 24.2 Å². The van der Waals surface area contributed by atoms with E-state index in [0.717, 1.165) is 11.4 Å². The van der Waals surface area contributed by atoms with Crippen molar-refractivity contribution in [3.8, 4) is 5.69 Å². The van der Waals surface area contributed by atoms with Crippen LogP contribution in [0.25, 0.3) is 5.69 Å². The highest BCUT2D eigenvalue weighted by Crippen LogP contribution is 2.18. The third-order valence-electron chi connectivity index (χ3n) is 3.72. The predicted octanol–water partition coefficient (Wildman–Crippen LogP) is 3.56. The van der Waals surface area contributed by atoms with E-state index < -0.39 is 17.7 Å². The molecule has 1 N–H and O–H groups in total. The molecule has 0 aliphatic rings. The number of hydrogen-bond donors (Lipinski definition) is 1. The third-order valence-corrected chi connectivity index (χ3v) is 3.72. The number of alkyl carbamates (subject to hydrolysis) is 1. The molecule has 0 saturated heterocycles. The number of para-hydroxylation sites is 1. The Morgan fingerprint density at radius 1 is 1.15 bits per heavy atom. The van der Waals surface area contributed by atoms with Gasteiger partial charge in [-0.2, -0.15) is 5.10 Å². The Morgan fingerprint density at radius 3 is 2.44 bits per heavy atom. The Balaban J connectivity index is 1.87. The van der Waals surface area contributed by atoms with Crippen LogP contribution in [-0.2, 0) is 9.47 Å². The number of benzene rings is 1. The molecule has 146 valence electrons. The molecule has 0 radical (unpaired) electrons. The Labute approximate surface area is 159 Å². The van der Waals surface area contributed by atoms with Crippen LogP contribution in [0.1, 0.15) is 48.9 Å². The summed E-state index contributed by atoms with van der Waals surface area (Å²) in [5.74, 6) is -0.413. The number of rotatable bonds is 6. The summed E-state index contributed by atoms with van der Waals surface area (Å²) >= 11 is 0. The lowest BCUT2D eigenvalue weighted by Crippen LogP contribution is -2.33. The van der Waals surface area contributed by atoms with Crippen LogP contribution in [0.4, 0.5) is 4.79 Å². The van der Waals surface area contributed by atoms with Gasteiger partial charge in [-0.15, -0.1) is 0 Å². The van der Waals surface area contributed by atoms with Crippen LogP contribution >= 0.6 is 0 Å². The van der Waals surface area contributed by atoms with Crippen LogP contribution in [0.3, 0.4) is 0 Å². The van der Waals surface area contributed by atoms with Crippen molar-refractivity contribution < 1.29 is 19.1 Å². The highest BCUT2D eigenvalue weighted by molar-refractivity contribution is 5.92. The average Bonchev–Trinajstić information content (AvgIpc) is 2.88. The van der Waals surface area contributed by atoms with Crippen LogP contribution < -0.4 is 5.32 Å². The molecule has 7 nitrogen and oxygen atoms in total. The zero-order valence-corrected chi connectivity index (χ0v) is 16.5. The molecular formula is C20H27N3O4. The summed E-state index contributed by atoms with van der Waals surface area (Å²) in [6.07, 6.45) is 0.0141. The summed E-state index contributed by atoms with van der Waals surface area (Å²) in [6.45, 7) is 9.59. The molecule has 7 heteroatoms. The molecule has 2 aromatic rings. The zero-order valence-electron chi connectivity index (χ0n) is 16.5. The Bertz CT molecular complexity index is 792. The topological polar surface area (TPSA) is 82.5 Å². The molecule has 27 heavy (non-hydrogen) atoms. The van der Waals surface area contributed by atoms with Crippen molar-refractivity contribution in [3.63, 3.8) is 0 Å². The number of carbonyl (C=O) groups excluding carboxylic acids is 2. The molecule has 0 bridgehead atoms. The molecule has 1 heterocycles. The lowest BCUT2D eigenvalue weighted by Gasteiger charge is -2.19. The van der Waals surface area contributed by atoms with Crippen molar-refractivity contribution in [2.24, 2.45) is 0 Å². The number of nitrogens with one attached hydrogen (secondary N) is 1. The van der Waals surface area contributed by atoms with Crippen molar-refractivity contribution in [1.29, 1.82) is 0 Å². The second kappa shape index (κ2) is 8.70. The number of amides is 1. The first kappa shape index (κ1) is 20.5. The minimum atomic E-state index is -0.537. The van der Waals surface area contributed by atoms with E-state index in [1.807, 2.05) is 37.3 Å². The van der Waals surface area contributed by atoms with Gasteiger partial charge in [0, 0.05) is 6.54 Å². The number of aryl methyl sites for hydroxylation is 1. The first-order valence-corrected chi connectivity index (χ1v) is 8.94. The van der Waals surface area contributed by atoms with Crippen molar-refractivity contribution >= 4 is 12.1 Å². The molecule has 2 rings (SSSR count). The van der Waals surface area contributed by atoms with Crippen molar-refractivity contribution in [2.45, 2.75) is 46.6 Å². The van der Waals surface area contributed by atoms with E-state index in [1.165, 1.54) is 0 Å². The average molecular weight is 373 g/mol. The first-order valence-electron chi connectivity index (χ1n) is 8.94. The maximum Gasteiger partial charge on any atom is 0.407 e. The third kappa shape index (κ3) is 5.84. The Morgan fingerprint density at radius 2 is 1.81 bits per heavy atom. The van der Waals surface area contributed by atoms with Gasteiger partial charge in [-0.05, 0) is 53.2 Å². The molecule has 0 unspecified atom stereocenters. The highest BCUT2D eigenvalue weighted by Gasteiger charge is 2.20. The summed E-state index contributed by atoms with van der Waals surface area (Å²) in [4.78, 5) is 24.0. The monoisotopic (exact) mass is 373 g/mol. The maximum absolute atomic E-state index is 12.4. The van der Waals surface area contributed by atoms with Gasteiger partial charge in [0.05, 0.1) is 23.7 Å². The SMILES string of the molecule is Cc1nn(-c2ccccc2)c(C)c1C(=O)OCCCNC(=O)OC(C)(C)C. The zero-order chi connectivity index (χ0) is 20.0. The van der Waals surface area contributed by atoms with Crippen molar-refractivity contribution in [1.82, 2.24) is 15.1 Å². The lowest BCUT2D eigenvalue weighted by molar-refractivity contribution is 0.0482. The van der Waals surface area contributed by atoms with E-state index in [4.69, 9.17) is 9.47 Å². The first-order chi connectivity index (χ1) is 12.7. The largest absolute Gasteiger partial charge is 0.462 e. The van der Waals surface area contributed by atoms with E-state index in [9.17, 15) is 9.59 Å². The molecule has 0 saturated carbocycles. The van der Waals surface area contributed by atoms with Crippen molar-refractivity contribution in [2.75, 3.05) is 13.2 Å². The molecule has 0 spiro atoms. The van der Waals surface area contributed by atoms with Gasteiger partial charge in [0.1, 0.15) is 11.2 Å². The van der Waals surface area contributed by atoms with Gasteiger partial charge in [0.2, 0.25) is 0 Å². The van der Waals surface area contributed by atoms with E-state index >= 15 is 0 Å². The number of esters is 1. The van der Waals surface area contributed by atoms with Crippen LogP contribution in [0, 0.1) is 13.8 Å². The smallest absolute Gasteiger partial charge is 0.407 e. The summed E-state index contributed by atoms with van der Waals surface area (Å²) in [6, 6.07) is 9.62. The molecule has 0 fully saturated rings. The van der Waals surface area contributed by atoms with Gasteiger partial charge in [0.15, 0.2) is 0 Å². The summed E-state index contributed by atoms with van der Waals surface area (Å²) in [5.41, 5.74) is 2.17. The quantitative estimate of drug-likeness (QED) is 0.618. The normalized spacial score (nSPS) is 11.1. The maximum atomic E-state index is 12.4. The fourth-order valence-corrected chi connectivity index (χ4v) is 2.57. The Kier molecular flexibility index (Phi) is 6.60. The van der Waals surface area contributed by atoms with Gasteiger partial charge in [-0.25, -0.2) is 14.3 Å². The van der Waals surface area contributed by atoms with Gasteiger partial charge in [-0.3, -0.25) is 0 Å². The lowest BCUT2D eigenvalue weighted by atomic mass is 10.2. The standard InChI is InChI=1S/C20H27N3O4/c1-14-17(15(2)23(22-14)16-10-7-6-8-11-16)18(24)26-13-9-12-21-19(25)27-20(3,4)5/h6-8,10-11H,9,12-13H2,1-5H3,(H,21,25). The highest BCUT2D eigenvalue weighted by atomic mass is 16.6. The van der Waals surface area contributed by atoms with E-state index in [-0.39, 0.29) is 6.61 Å². The number of nitrogens with zero attached hydrogens (tertiary/aromatic N) is 2. The molecule has 1 aromatic heterocycles. The molecule has 0 atom stereocenters. The van der Waals surface area contributed by atoms with E-state index in [2.05, 4.69) is 10.4 Å². The van der Waals surface area contributed by atoms with E-state index in [1.54, 1.807) is 32.4 Å². The molecule has 1 aromatic carbocycles. The van der Waals surface area contributed by atoms with Crippen LogP contribution in [-0.4, -0.2) is 40.6 Å². The summed E-state index contributed by atoms with van der Waals surface area (Å²) in [5, 5.41) is 7.08. The molecular weight excluding hydrogens is 346 g/mol. The second-order valence-corrected chi connectivity index (χ2v) is 7.21. The van der Waals surface area contributed by atoms with Crippen LogP contribution in [0.2, 0.25) is 0 Å². The van der Waals surface area contributed by atoms with Crippen LogP contribution in [0.15, 0.2) is 30.3 Å². The number of hydrogen-bond acceptors (Lipinski definition) is 5. The van der Waals surface area contributed by atoms with Gasteiger partial charge >= 0.3 is 12.1 Å². The number of aromatic nitrogens is 2. The Hall–Kier alpha value is -2.83. The molecule has 0 aliphatic carbocycles. The minimum absolute atomic E-state index is 0.198. The fourth-order valence-electron chi connectivity index (χ4n) is 2.57. The summed E-state index contributed by atoms with van der Waals surface area (Å²) in [7, 11) is 0. The fraction of sp³-hybridized carbons (Fsp3) is 0.450. The molecule has 1 amide bonds. The second-order valence-electron chi connectivity index (χ2n) is 7.21. The van der Waals surface area contributed by atoms with Gasteiger partial charge < -0.3 is 14.8 Å². The minimum Gasteiger partial charge on any atom is -0.462 e. The summed E-state index contributed by atoms with van der Waals surface area (Å²) < 4.78 is 12.2. The predicted molar refractivity (Wildman–Crippen MR) is 102 cm³/mol. The molecule has 0 aliphatic heterocycles. The van der Waals surface area contributed by atoms with Gasteiger partial charge in [0.25, 0.3) is 0 Å². The number of ether oxygens (including phenoxy) is 2. The van der Waals surface area contributed by atoms with Crippen molar-refractivity contribution in [3.05, 3.63) is 47.3 Å². The van der Waals surface area contributed by atoms with Crippen LogP contribution in [0.5, 0.6) is 0 Å². The van der Waals surface area contributed by atoms with Gasteiger partial charge in [-0.1, -0.05) is 18.2 Å². The number of carbonyl (C=O) groups is 2.